The normalized spacial score (nSPS) is 34.0. The molecule has 2 N–H and O–H groups in total. The number of pyridine rings is 1. The Morgan fingerprint density at radius 1 is 1.23 bits per heavy atom. The second-order valence-electron chi connectivity index (χ2n) is 9.22. The van der Waals surface area contributed by atoms with Gasteiger partial charge in [-0.3, -0.25) is 9.78 Å². The summed E-state index contributed by atoms with van der Waals surface area (Å²) in [4.78, 5) is 16.4. The summed E-state index contributed by atoms with van der Waals surface area (Å²) in [6.45, 7) is 9.07. The number of hydrogen-bond donors (Lipinski definition) is 2. The van der Waals surface area contributed by atoms with Crippen LogP contribution in [0.4, 0.5) is 0 Å². The van der Waals surface area contributed by atoms with Gasteiger partial charge in [-0.15, -0.1) is 0 Å². The van der Waals surface area contributed by atoms with E-state index in [1.807, 2.05) is 31.2 Å². The van der Waals surface area contributed by atoms with Crippen molar-refractivity contribution < 1.29 is 9.90 Å². The van der Waals surface area contributed by atoms with Gasteiger partial charge >= 0.3 is 0 Å². The molecule has 1 fully saturated rings. The van der Waals surface area contributed by atoms with Crippen LogP contribution in [0.15, 0.2) is 60.5 Å². The Kier molecular flexibility index (Phi) is 7.65. The lowest BCUT2D eigenvalue weighted by Crippen LogP contribution is -2.46. The number of carbonyl (C=O) groups is 1. The van der Waals surface area contributed by atoms with Gasteiger partial charge in [0.05, 0.1) is 6.10 Å². The van der Waals surface area contributed by atoms with Gasteiger partial charge in [-0.05, 0) is 73.0 Å². The van der Waals surface area contributed by atoms with E-state index in [1.165, 1.54) is 5.56 Å². The van der Waals surface area contributed by atoms with Crippen LogP contribution in [-0.4, -0.2) is 28.6 Å². The molecule has 0 unspecified atom stereocenters. The molecule has 4 nitrogen and oxygen atoms in total. The first-order chi connectivity index (χ1) is 14.4. The van der Waals surface area contributed by atoms with Crippen molar-refractivity contribution in [3.8, 4) is 0 Å². The fourth-order valence-corrected chi connectivity index (χ4v) is 5.22. The Morgan fingerprint density at radius 2 is 1.97 bits per heavy atom. The molecular formula is C26H36N2O2. The van der Waals surface area contributed by atoms with Gasteiger partial charge in [0.1, 0.15) is 0 Å². The van der Waals surface area contributed by atoms with Crippen LogP contribution >= 0.6 is 0 Å². The minimum atomic E-state index is -0.232. The maximum atomic E-state index is 12.4. The lowest BCUT2D eigenvalue weighted by atomic mass is 9.58. The number of hydrogen-bond acceptors (Lipinski definition) is 3. The van der Waals surface area contributed by atoms with Crippen LogP contribution in [0.3, 0.4) is 0 Å². The highest BCUT2D eigenvalue weighted by Gasteiger charge is 2.44. The van der Waals surface area contributed by atoms with E-state index in [2.05, 4.69) is 49.3 Å². The first-order valence-electron chi connectivity index (χ1n) is 11.3. The predicted molar refractivity (Wildman–Crippen MR) is 122 cm³/mol. The second kappa shape index (κ2) is 10.2. The van der Waals surface area contributed by atoms with Crippen LogP contribution in [0.5, 0.6) is 0 Å². The first-order valence-corrected chi connectivity index (χ1v) is 11.3. The summed E-state index contributed by atoms with van der Waals surface area (Å²) >= 11 is 0. The molecule has 162 valence electrons. The maximum absolute atomic E-state index is 12.4. The molecule has 30 heavy (non-hydrogen) atoms. The molecule has 1 amide bonds. The third-order valence-corrected chi connectivity index (χ3v) is 7.07. The quantitative estimate of drug-likeness (QED) is 0.418. The van der Waals surface area contributed by atoms with Crippen molar-refractivity contribution in [2.24, 2.45) is 35.5 Å². The van der Waals surface area contributed by atoms with Crippen LogP contribution in [-0.2, 0) is 11.2 Å². The van der Waals surface area contributed by atoms with Crippen LogP contribution in [0.1, 0.15) is 39.7 Å². The largest absolute Gasteiger partial charge is 0.393 e. The van der Waals surface area contributed by atoms with Gasteiger partial charge in [0.25, 0.3) is 0 Å². The summed E-state index contributed by atoms with van der Waals surface area (Å²) in [5, 5.41) is 13.6. The molecule has 1 aromatic rings. The van der Waals surface area contributed by atoms with Crippen LogP contribution < -0.4 is 5.32 Å². The van der Waals surface area contributed by atoms with Crippen molar-refractivity contribution >= 4 is 5.91 Å². The Balaban J connectivity index is 1.58. The molecular weight excluding hydrogens is 372 g/mol. The van der Waals surface area contributed by atoms with Gasteiger partial charge in [0.2, 0.25) is 5.91 Å². The minimum Gasteiger partial charge on any atom is -0.393 e. The van der Waals surface area contributed by atoms with E-state index in [9.17, 15) is 9.90 Å². The number of amides is 1. The van der Waals surface area contributed by atoms with Crippen molar-refractivity contribution in [2.75, 3.05) is 6.54 Å². The topological polar surface area (TPSA) is 62.2 Å². The second-order valence-corrected chi connectivity index (χ2v) is 9.22. The zero-order valence-corrected chi connectivity index (χ0v) is 18.7. The summed E-state index contributed by atoms with van der Waals surface area (Å²) in [5.41, 5.74) is 1.88. The number of nitrogens with one attached hydrogen (secondary N) is 1. The Labute approximate surface area is 181 Å². The zero-order valence-electron chi connectivity index (χ0n) is 18.7. The molecule has 0 aromatic carbocycles. The summed E-state index contributed by atoms with van der Waals surface area (Å²) in [6, 6.07) is 3.93. The van der Waals surface area contributed by atoms with E-state index >= 15 is 0 Å². The highest BCUT2D eigenvalue weighted by atomic mass is 16.3. The van der Waals surface area contributed by atoms with Crippen molar-refractivity contribution in [1.82, 2.24) is 10.3 Å². The summed E-state index contributed by atoms with van der Waals surface area (Å²) < 4.78 is 0. The number of aromatic nitrogens is 1. The van der Waals surface area contributed by atoms with Gasteiger partial charge in [0.15, 0.2) is 0 Å². The molecule has 0 saturated heterocycles. The molecule has 0 bridgehead atoms. The van der Waals surface area contributed by atoms with E-state index < -0.39 is 0 Å². The molecule has 7 atom stereocenters. The van der Waals surface area contributed by atoms with E-state index in [-0.39, 0.29) is 17.9 Å². The average Bonchev–Trinajstić information content (AvgIpc) is 2.74. The lowest BCUT2D eigenvalue weighted by Gasteiger charge is -2.48. The van der Waals surface area contributed by atoms with Crippen molar-refractivity contribution in [1.29, 1.82) is 0 Å². The first kappa shape index (κ1) is 22.5. The highest BCUT2D eigenvalue weighted by molar-refractivity contribution is 5.93. The van der Waals surface area contributed by atoms with Gasteiger partial charge in [-0.25, -0.2) is 0 Å². The number of aliphatic hydroxyl groups excluding tert-OH is 1. The zero-order chi connectivity index (χ0) is 21.7. The third-order valence-electron chi connectivity index (χ3n) is 7.07. The fraction of sp³-hybridized carbons (Fsp3) is 0.538. The van der Waals surface area contributed by atoms with Gasteiger partial charge < -0.3 is 10.4 Å². The summed E-state index contributed by atoms with van der Waals surface area (Å²) in [7, 11) is 0. The van der Waals surface area contributed by atoms with E-state index in [0.29, 0.717) is 41.7 Å². The minimum absolute atomic E-state index is 0.0292. The van der Waals surface area contributed by atoms with Crippen molar-refractivity contribution in [2.45, 2.75) is 46.6 Å². The van der Waals surface area contributed by atoms with Crippen LogP contribution in [0.25, 0.3) is 0 Å². The number of rotatable bonds is 6. The number of carbonyl (C=O) groups excluding carboxylic acids is 1. The molecule has 0 aliphatic heterocycles. The van der Waals surface area contributed by atoms with Crippen LogP contribution in [0.2, 0.25) is 0 Å². The summed E-state index contributed by atoms with van der Waals surface area (Å²) in [5.74, 6) is 2.41. The molecule has 0 radical (unpaired) electrons. The predicted octanol–water partition coefficient (Wildman–Crippen LogP) is 4.33. The van der Waals surface area contributed by atoms with E-state index in [4.69, 9.17) is 0 Å². The molecule has 0 spiro atoms. The highest BCUT2D eigenvalue weighted by Crippen LogP contribution is 2.48. The van der Waals surface area contributed by atoms with E-state index in [0.717, 1.165) is 12.8 Å². The fourth-order valence-electron chi connectivity index (χ4n) is 5.22. The molecule has 3 rings (SSSR count). The van der Waals surface area contributed by atoms with Gasteiger partial charge in [-0.2, -0.15) is 0 Å². The smallest absolute Gasteiger partial charge is 0.246 e. The molecule has 1 saturated carbocycles. The third kappa shape index (κ3) is 5.28. The van der Waals surface area contributed by atoms with Crippen molar-refractivity contribution in [3.63, 3.8) is 0 Å². The molecule has 1 heterocycles. The standard InChI is InChI=1S/C26H36N2O2/c1-17-8-9-22-16-19(3)25(29)20(4)24(22)23(17)7-5-6-18(2)26(30)28-15-12-21-10-13-27-14-11-21/h5-11,13-14,17,19-20,22-25,29H,12,15-16H2,1-4H3,(H,28,30)/b7-5+,18-6+/t17-,19+,20-,22-,23-,24-,25-/m0/s1. The average molecular weight is 409 g/mol. The van der Waals surface area contributed by atoms with Crippen molar-refractivity contribution in [3.05, 3.63) is 66.0 Å². The SMILES string of the molecule is C/C(=C\C=C\[C@@H]1[C@H]2[C@H](C)[C@@H](O)[C@H](C)C[C@@H]2C=C[C@@H]1C)C(=O)NCCc1ccncc1. The Bertz CT molecular complexity index is 799. The number of aliphatic hydroxyl groups is 1. The van der Waals surface area contributed by atoms with Crippen LogP contribution in [0, 0.1) is 35.5 Å². The monoisotopic (exact) mass is 408 g/mol. The maximum Gasteiger partial charge on any atom is 0.246 e. The number of nitrogens with zero attached hydrogens (tertiary/aromatic N) is 1. The Morgan fingerprint density at radius 3 is 2.70 bits per heavy atom. The number of allylic oxidation sites excluding steroid dienone is 5. The van der Waals surface area contributed by atoms with Gasteiger partial charge in [-0.1, -0.05) is 51.2 Å². The molecule has 2 aliphatic rings. The summed E-state index contributed by atoms with van der Waals surface area (Å²) in [6.07, 6.45) is 16.1. The van der Waals surface area contributed by atoms with Gasteiger partial charge in [0, 0.05) is 24.5 Å². The molecule has 1 aromatic heterocycles. The molecule has 2 aliphatic carbocycles. The number of fused-ring (bicyclic) bond motifs is 1. The van der Waals surface area contributed by atoms with E-state index in [1.54, 1.807) is 12.4 Å². The Hall–Kier alpha value is -2.20. The lowest BCUT2D eigenvalue weighted by molar-refractivity contribution is -0.117. The molecule has 4 heteroatoms.